The summed E-state index contributed by atoms with van der Waals surface area (Å²) in [4.78, 5) is 15.9. The van der Waals surface area contributed by atoms with Gasteiger partial charge < -0.3 is 5.32 Å². The highest BCUT2D eigenvalue weighted by Crippen LogP contribution is 2.16. The third-order valence-corrected chi connectivity index (χ3v) is 4.42. The van der Waals surface area contributed by atoms with Crippen molar-refractivity contribution in [3.8, 4) is 0 Å². The zero-order valence-electron chi connectivity index (χ0n) is 13.2. The van der Waals surface area contributed by atoms with E-state index in [0.29, 0.717) is 18.8 Å². The van der Waals surface area contributed by atoms with Gasteiger partial charge in [-0.2, -0.15) is 5.10 Å². The molecule has 0 saturated carbocycles. The van der Waals surface area contributed by atoms with Crippen LogP contribution < -0.4 is 10.0 Å². The van der Waals surface area contributed by atoms with Gasteiger partial charge in [0.05, 0.1) is 30.6 Å². The Kier molecular flexibility index (Phi) is 5.37. The molecule has 1 amide bonds. The van der Waals surface area contributed by atoms with Gasteiger partial charge in [-0.05, 0) is 19.9 Å². The maximum atomic E-state index is 11.9. The van der Waals surface area contributed by atoms with E-state index in [4.69, 9.17) is 0 Å². The average molecular weight is 357 g/mol. The van der Waals surface area contributed by atoms with Crippen LogP contribution in [0, 0.1) is 13.8 Å². The standard InChI is InChI=1S/C13H19N5O3S2/c1-9-6-10(2)18(16-9)5-4-14-12(19)7-11-8-22-13(15-11)17-23(3,20)21/h6,8H,4-5,7H2,1-3H3,(H,14,19)(H,15,17). The van der Waals surface area contributed by atoms with E-state index in [1.807, 2.05) is 24.6 Å². The lowest BCUT2D eigenvalue weighted by Crippen LogP contribution is -2.29. The first kappa shape index (κ1) is 17.4. The fourth-order valence-corrected chi connectivity index (χ4v) is 3.59. The first-order valence-electron chi connectivity index (χ1n) is 6.93. The van der Waals surface area contributed by atoms with Crippen molar-refractivity contribution in [1.29, 1.82) is 0 Å². The Balaban J connectivity index is 1.80. The van der Waals surface area contributed by atoms with Crippen molar-refractivity contribution in [2.75, 3.05) is 17.5 Å². The molecular formula is C13H19N5O3S2. The minimum atomic E-state index is -3.35. The Hall–Kier alpha value is -1.94. The molecule has 23 heavy (non-hydrogen) atoms. The second-order valence-electron chi connectivity index (χ2n) is 5.20. The summed E-state index contributed by atoms with van der Waals surface area (Å²) < 4.78 is 26.3. The van der Waals surface area contributed by atoms with Gasteiger partial charge in [-0.25, -0.2) is 13.4 Å². The van der Waals surface area contributed by atoms with Crippen LogP contribution in [0.5, 0.6) is 0 Å². The van der Waals surface area contributed by atoms with E-state index < -0.39 is 10.0 Å². The number of rotatable bonds is 7. The number of amides is 1. The molecule has 8 nitrogen and oxygen atoms in total. The molecule has 0 aliphatic heterocycles. The molecule has 2 N–H and O–H groups in total. The van der Waals surface area contributed by atoms with Crippen LogP contribution in [0.1, 0.15) is 17.1 Å². The SMILES string of the molecule is Cc1cc(C)n(CCNC(=O)Cc2csc(NS(C)(=O)=O)n2)n1. The molecule has 2 rings (SSSR count). The summed E-state index contributed by atoms with van der Waals surface area (Å²) in [7, 11) is -3.35. The molecule has 2 aromatic heterocycles. The van der Waals surface area contributed by atoms with Gasteiger partial charge in [0.15, 0.2) is 5.13 Å². The van der Waals surface area contributed by atoms with Gasteiger partial charge >= 0.3 is 0 Å². The molecule has 0 aliphatic rings. The molecule has 2 aromatic rings. The van der Waals surface area contributed by atoms with E-state index in [0.717, 1.165) is 29.0 Å². The normalized spacial score (nSPS) is 11.4. The Labute approximate surface area is 139 Å². The number of carbonyl (C=O) groups is 1. The van der Waals surface area contributed by atoms with E-state index >= 15 is 0 Å². The van der Waals surface area contributed by atoms with E-state index in [-0.39, 0.29) is 17.5 Å². The second-order valence-corrected chi connectivity index (χ2v) is 7.80. The van der Waals surface area contributed by atoms with Crippen LogP contribution in [0.25, 0.3) is 0 Å². The molecule has 0 saturated heterocycles. The van der Waals surface area contributed by atoms with Gasteiger partial charge in [-0.1, -0.05) is 0 Å². The van der Waals surface area contributed by atoms with Crippen molar-refractivity contribution in [3.05, 3.63) is 28.5 Å². The Morgan fingerprint density at radius 1 is 1.39 bits per heavy atom. The van der Waals surface area contributed by atoms with Crippen LogP contribution in [0.2, 0.25) is 0 Å². The predicted octanol–water partition coefficient (Wildman–Crippen LogP) is 0.687. The van der Waals surface area contributed by atoms with Gasteiger partial charge in [0.1, 0.15) is 0 Å². The number of carbonyl (C=O) groups excluding carboxylic acids is 1. The summed E-state index contributed by atoms with van der Waals surface area (Å²) in [6.07, 6.45) is 1.17. The summed E-state index contributed by atoms with van der Waals surface area (Å²) >= 11 is 1.15. The molecule has 0 unspecified atom stereocenters. The molecule has 2 heterocycles. The first-order valence-corrected chi connectivity index (χ1v) is 9.70. The van der Waals surface area contributed by atoms with E-state index in [2.05, 4.69) is 20.1 Å². The lowest BCUT2D eigenvalue weighted by molar-refractivity contribution is -0.120. The topological polar surface area (TPSA) is 106 Å². The maximum absolute atomic E-state index is 11.9. The number of hydrogen-bond donors (Lipinski definition) is 2. The van der Waals surface area contributed by atoms with E-state index in [1.165, 1.54) is 0 Å². The van der Waals surface area contributed by atoms with Crippen molar-refractivity contribution < 1.29 is 13.2 Å². The number of hydrogen-bond acceptors (Lipinski definition) is 6. The number of aryl methyl sites for hydroxylation is 2. The monoisotopic (exact) mass is 357 g/mol. The smallest absolute Gasteiger partial charge is 0.231 e. The summed E-state index contributed by atoms with van der Waals surface area (Å²) in [6, 6.07) is 1.98. The molecule has 126 valence electrons. The number of sulfonamides is 1. The van der Waals surface area contributed by atoms with Gasteiger partial charge in [0.25, 0.3) is 0 Å². The molecule has 0 atom stereocenters. The highest BCUT2D eigenvalue weighted by molar-refractivity contribution is 7.92. The molecule has 0 spiro atoms. The highest BCUT2D eigenvalue weighted by atomic mass is 32.2. The lowest BCUT2D eigenvalue weighted by Gasteiger charge is -2.06. The molecule has 0 fully saturated rings. The zero-order valence-corrected chi connectivity index (χ0v) is 14.8. The summed E-state index contributed by atoms with van der Waals surface area (Å²) in [5.74, 6) is -0.164. The number of nitrogens with zero attached hydrogens (tertiary/aromatic N) is 3. The minimum Gasteiger partial charge on any atom is -0.354 e. The average Bonchev–Trinajstić information content (AvgIpc) is 2.94. The van der Waals surface area contributed by atoms with Crippen molar-refractivity contribution >= 4 is 32.4 Å². The highest BCUT2D eigenvalue weighted by Gasteiger charge is 2.10. The predicted molar refractivity (Wildman–Crippen MR) is 89.0 cm³/mol. The minimum absolute atomic E-state index is 0.110. The van der Waals surface area contributed by atoms with Crippen LogP contribution in [-0.4, -0.2) is 41.9 Å². The molecule has 0 radical (unpaired) electrons. The molecule has 0 aromatic carbocycles. The van der Waals surface area contributed by atoms with Crippen molar-refractivity contribution in [2.24, 2.45) is 0 Å². The molecular weight excluding hydrogens is 338 g/mol. The largest absolute Gasteiger partial charge is 0.354 e. The summed E-state index contributed by atoms with van der Waals surface area (Å²) in [5.41, 5.74) is 2.53. The number of anilines is 1. The van der Waals surface area contributed by atoms with Crippen LogP contribution in [0.3, 0.4) is 0 Å². The van der Waals surface area contributed by atoms with Gasteiger partial charge in [0, 0.05) is 17.6 Å². The van der Waals surface area contributed by atoms with Crippen LogP contribution in [0.15, 0.2) is 11.4 Å². The van der Waals surface area contributed by atoms with Gasteiger partial charge in [-0.3, -0.25) is 14.2 Å². The summed E-state index contributed by atoms with van der Waals surface area (Å²) in [6.45, 7) is 4.96. The maximum Gasteiger partial charge on any atom is 0.231 e. The third kappa shape index (κ3) is 5.64. The zero-order chi connectivity index (χ0) is 17.0. The van der Waals surface area contributed by atoms with Crippen LogP contribution in [-0.2, 0) is 27.8 Å². The Bertz CT molecular complexity index is 794. The first-order chi connectivity index (χ1) is 10.7. The quantitative estimate of drug-likeness (QED) is 0.758. The van der Waals surface area contributed by atoms with Crippen molar-refractivity contribution in [2.45, 2.75) is 26.8 Å². The third-order valence-electron chi connectivity index (χ3n) is 2.92. The molecule has 0 bridgehead atoms. The summed E-state index contributed by atoms with van der Waals surface area (Å²) in [5, 5.41) is 9.04. The lowest BCUT2D eigenvalue weighted by atomic mass is 10.3. The van der Waals surface area contributed by atoms with Crippen LogP contribution in [0.4, 0.5) is 5.13 Å². The second kappa shape index (κ2) is 7.09. The van der Waals surface area contributed by atoms with Gasteiger partial charge in [-0.15, -0.1) is 11.3 Å². The number of aromatic nitrogens is 3. The van der Waals surface area contributed by atoms with Crippen LogP contribution >= 0.6 is 11.3 Å². The van der Waals surface area contributed by atoms with Crippen molar-refractivity contribution in [1.82, 2.24) is 20.1 Å². The Morgan fingerprint density at radius 2 is 2.13 bits per heavy atom. The molecule has 10 heteroatoms. The fourth-order valence-electron chi connectivity index (χ4n) is 2.02. The molecule has 0 aliphatic carbocycles. The van der Waals surface area contributed by atoms with Gasteiger partial charge in [0.2, 0.25) is 15.9 Å². The number of nitrogens with one attached hydrogen (secondary N) is 2. The van der Waals surface area contributed by atoms with E-state index in [1.54, 1.807) is 5.38 Å². The Morgan fingerprint density at radius 3 is 2.74 bits per heavy atom. The van der Waals surface area contributed by atoms with E-state index in [9.17, 15) is 13.2 Å². The van der Waals surface area contributed by atoms with Crippen molar-refractivity contribution in [3.63, 3.8) is 0 Å². The fraction of sp³-hybridized carbons (Fsp3) is 0.462. The number of thiazole rings is 1.